The van der Waals surface area contributed by atoms with Crippen molar-refractivity contribution < 1.29 is 39.5 Å². The van der Waals surface area contributed by atoms with Gasteiger partial charge in [-0.05, 0) is 58.7 Å². The molecular weight excluding hydrogens is 607 g/mol. The Hall–Kier alpha value is -4.57. The second kappa shape index (κ2) is 12.2. The highest BCUT2D eigenvalue weighted by Crippen LogP contribution is 2.38. The second-order valence-electron chi connectivity index (χ2n) is 9.56. The number of hydrogen-bond donors (Lipinski definition) is 0. The summed E-state index contributed by atoms with van der Waals surface area (Å²) in [6.07, 6.45) is -11.8. The molecule has 0 aliphatic carbocycles. The molecule has 0 N–H and O–H groups in total. The van der Waals surface area contributed by atoms with Crippen LogP contribution in [0.2, 0.25) is 0 Å². The van der Waals surface area contributed by atoms with E-state index < -0.39 is 53.9 Å². The number of benzene rings is 2. The van der Waals surface area contributed by atoms with Gasteiger partial charge in [0.1, 0.15) is 0 Å². The van der Waals surface area contributed by atoms with Gasteiger partial charge in [0.25, 0.3) is 5.95 Å². The number of alkyl halides is 9. The minimum absolute atomic E-state index is 0.0110. The number of aromatic nitrogens is 6. The quantitative estimate of drug-likeness (QED) is 0.162. The number of tetrazole rings is 1. The Kier molecular flexibility index (Phi) is 8.97. The minimum atomic E-state index is -5.11. The van der Waals surface area contributed by atoms with Crippen molar-refractivity contribution in [3.05, 3.63) is 81.8 Å². The van der Waals surface area contributed by atoms with Crippen LogP contribution < -0.4 is 4.90 Å². The maximum atomic E-state index is 13.8. The van der Waals surface area contributed by atoms with Crippen LogP contribution in [0.1, 0.15) is 46.1 Å². The Morgan fingerprint density at radius 1 is 0.841 bits per heavy atom. The summed E-state index contributed by atoms with van der Waals surface area (Å²) in [7, 11) is 2.84. The van der Waals surface area contributed by atoms with Crippen LogP contribution >= 0.6 is 0 Å². The van der Waals surface area contributed by atoms with Crippen LogP contribution in [0.5, 0.6) is 0 Å². The fourth-order valence-corrected chi connectivity index (χ4v) is 4.36. The molecule has 0 aliphatic heterocycles. The molecule has 0 saturated heterocycles. The Morgan fingerprint density at radius 3 is 2.00 bits per heavy atom. The third-order valence-corrected chi connectivity index (χ3v) is 6.36. The molecule has 0 saturated carbocycles. The molecule has 2 heterocycles. The molecule has 0 bridgehead atoms. The van der Waals surface area contributed by atoms with E-state index in [1.807, 2.05) is 0 Å². The average Bonchev–Trinajstić information content (AvgIpc) is 3.37. The maximum absolute atomic E-state index is 13.8. The van der Waals surface area contributed by atoms with Gasteiger partial charge in [-0.25, -0.2) is 9.97 Å². The first-order valence-electron chi connectivity index (χ1n) is 12.8. The zero-order chi connectivity index (χ0) is 32.4. The standard InChI is InChI=1S/C27H23F9N8/c1-4-16-11-38-22(12-37-2)39-23(16)21-6-5-18(25(28,29)30)9-17(21)14-44(24-40-42-43(3)41-24)13-15-7-19(26(31,32)33)10-20(8-15)27(34,35)36/h5-12H,4,13-14H2,1-3H3. The van der Waals surface area contributed by atoms with E-state index in [0.717, 1.165) is 21.8 Å². The van der Waals surface area contributed by atoms with Gasteiger partial charge in [-0.2, -0.15) is 44.3 Å². The van der Waals surface area contributed by atoms with Crippen molar-refractivity contribution in [3.8, 4) is 11.3 Å². The lowest BCUT2D eigenvalue weighted by molar-refractivity contribution is -0.143. The van der Waals surface area contributed by atoms with Crippen molar-refractivity contribution in [2.75, 3.05) is 11.9 Å². The zero-order valence-electron chi connectivity index (χ0n) is 23.2. The van der Waals surface area contributed by atoms with Crippen molar-refractivity contribution in [1.29, 1.82) is 0 Å². The van der Waals surface area contributed by atoms with Gasteiger partial charge in [0.15, 0.2) is 5.82 Å². The Labute approximate surface area is 244 Å². The van der Waals surface area contributed by atoms with E-state index in [-0.39, 0.29) is 34.7 Å². The van der Waals surface area contributed by atoms with Gasteiger partial charge >= 0.3 is 18.5 Å². The van der Waals surface area contributed by atoms with E-state index in [9.17, 15) is 39.5 Å². The molecule has 2 aromatic carbocycles. The molecule has 4 rings (SSSR count). The molecule has 0 spiro atoms. The summed E-state index contributed by atoms with van der Waals surface area (Å²) in [5.74, 6) is -0.0827. The number of halogens is 9. The van der Waals surface area contributed by atoms with Crippen LogP contribution in [0.3, 0.4) is 0 Å². The van der Waals surface area contributed by atoms with Crippen LogP contribution in [0, 0.1) is 0 Å². The van der Waals surface area contributed by atoms with Gasteiger partial charge in [0.05, 0.1) is 35.6 Å². The Morgan fingerprint density at radius 2 is 1.48 bits per heavy atom. The van der Waals surface area contributed by atoms with E-state index in [1.165, 1.54) is 32.6 Å². The Bertz CT molecular complexity index is 1620. The summed E-state index contributed by atoms with van der Waals surface area (Å²) in [5.41, 5.74) is -3.53. The molecule has 17 heteroatoms. The highest BCUT2D eigenvalue weighted by Gasteiger charge is 2.37. The molecule has 2 aromatic heterocycles. The Balaban J connectivity index is 1.90. The van der Waals surface area contributed by atoms with E-state index in [0.29, 0.717) is 24.1 Å². The fourth-order valence-electron chi connectivity index (χ4n) is 4.36. The number of nitrogens with zero attached hydrogens (tertiary/aromatic N) is 8. The van der Waals surface area contributed by atoms with Crippen molar-refractivity contribution in [2.24, 2.45) is 12.0 Å². The molecule has 0 aliphatic rings. The predicted molar refractivity (Wildman–Crippen MR) is 140 cm³/mol. The van der Waals surface area contributed by atoms with E-state index >= 15 is 0 Å². The van der Waals surface area contributed by atoms with Gasteiger partial charge in [-0.1, -0.05) is 18.1 Å². The first-order chi connectivity index (χ1) is 20.5. The molecule has 4 aromatic rings. The molecule has 0 amide bonds. The normalized spacial score (nSPS) is 12.7. The molecule has 0 unspecified atom stereocenters. The van der Waals surface area contributed by atoms with Crippen molar-refractivity contribution in [3.63, 3.8) is 0 Å². The number of anilines is 1. The number of rotatable bonds is 8. The van der Waals surface area contributed by atoms with Crippen LogP contribution in [0.4, 0.5) is 45.5 Å². The molecule has 44 heavy (non-hydrogen) atoms. The summed E-state index contributed by atoms with van der Waals surface area (Å²) in [4.78, 5) is 14.6. The maximum Gasteiger partial charge on any atom is 0.416 e. The lowest BCUT2D eigenvalue weighted by Gasteiger charge is -2.24. The number of hydrogen-bond acceptors (Lipinski definition) is 7. The zero-order valence-corrected chi connectivity index (χ0v) is 23.2. The highest BCUT2D eigenvalue weighted by atomic mass is 19.4. The third kappa shape index (κ3) is 7.49. The van der Waals surface area contributed by atoms with Gasteiger partial charge in [0.2, 0.25) is 0 Å². The van der Waals surface area contributed by atoms with Gasteiger partial charge in [-0.15, -0.1) is 5.10 Å². The molecule has 0 fully saturated rings. The summed E-state index contributed by atoms with van der Waals surface area (Å²) in [6.45, 7) is 0.653. The number of aryl methyl sites for hydroxylation is 2. The van der Waals surface area contributed by atoms with Crippen LogP contribution in [-0.4, -0.2) is 43.4 Å². The van der Waals surface area contributed by atoms with Crippen LogP contribution in [0.25, 0.3) is 11.3 Å². The van der Waals surface area contributed by atoms with E-state index in [4.69, 9.17) is 0 Å². The van der Waals surface area contributed by atoms with E-state index in [1.54, 1.807) is 6.92 Å². The first kappa shape index (κ1) is 32.3. The summed E-state index contributed by atoms with van der Waals surface area (Å²) >= 11 is 0. The fraction of sp³-hybridized carbons (Fsp3) is 0.333. The van der Waals surface area contributed by atoms with Gasteiger partial charge in [-0.3, -0.25) is 4.99 Å². The predicted octanol–water partition coefficient (Wildman–Crippen LogP) is 6.54. The van der Waals surface area contributed by atoms with Crippen LogP contribution in [-0.2, 0) is 45.1 Å². The molecule has 8 nitrogen and oxygen atoms in total. The average molecular weight is 631 g/mol. The smallest absolute Gasteiger partial charge is 0.330 e. The minimum Gasteiger partial charge on any atom is -0.330 e. The summed E-state index contributed by atoms with van der Waals surface area (Å²) < 4.78 is 123. The molecular formula is C27H23F9N8. The third-order valence-electron chi connectivity index (χ3n) is 6.36. The monoisotopic (exact) mass is 630 g/mol. The lowest BCUT2D eigenvalue weighted by Crippen LogP contribution is -2.25. The SMILES string of the molecule is CCc1cnc(C=NC)nc1-c1ccc(C(F)(F)F)cc1CN(Cc1cc(C(F)(F)F)cc(C(F)(F)F)c1)c1nnn(C)n1. The van der Waals surface area contributed by atoms with Crippen molar-refractivity contribution in [1.82, 2.24) is 30.2 Å². The molecule has 0 radical (unpaired) electrons. The summed E-state index contributed by atoms with van der Waals surface area (Å²) in [5, 5.41) is 11.5. The highest BCUT2D eigenvalue weighted by molar-refractivity contribution is 5.77. The van der Waals surface area contributed by atoms with E-state index in [2.05, 4.69) is 30.4 Å². The lowest BCUT2D eigenvalue weighted by atomic mass is 9.96. The van der Waals surface area contributed by atoms with Crippen molar-refractivity contribution in [2.45, 2.75) is 45.0 Å². The first-order valence-corrected chi connectivity index (χ1v) is 12.8. The molecule has 234 valence electrons. The topological polar surface area (TPSA) is 85.0 Å². The van der Waals surface area contributed by atoms with Crippen LogP contribution in [0.15, 0.2) is 47.6 Å². The van der Waals surface area contributed by atoms with Crippen molar-refractivity contribution >= 4 is 12.2 Å². The summed E-state index contributed by atoms with van der Waals surface area (Å²) in [6, 6.07) is 3.92. The van der Waals surface area contributed by atoms with Gasteiger partial charge < -0.3 is 4.90 Å². The van der Waals surface area contributed by atoms with Gasteiger partial charge in [0, 0.05) is 31.9 Å². The second-order valence-corrected chi connectivity index (χ2v) is 9.56. The molecule has 0 atom stereocenters. The largest absolute Gasteiger partial charge is 0.416 e. The number of aliphatic imine (C=N–C) groups is 1.